The van der Waals surface area contributed by atoms with Crippen LogP contribution in [0.2, 0.25) is 0 Å². The third kappa shape index (κ3) is 3.72. The van der Waals surface area contributed by atoms with Gasteiger partial charge in [0.2, 0.25) is 0 Å². The third-order valence-electron chi connectivity index (χ3n) is 5.16. The first-order chi connectivity index (χ1) is 14.6. The number of methoxy groups -OCH3 is 2. The highest BCUT2D eigenvalue weighted by molar-refractivity contribution is 6.06. The van der Waals surface area contributed by atoms with Crippen molar-refractivity contribution in [2.75, 3.05) is 14.2 Å². The van der Waals surface area contributed by atoms with Gasteiger partial charge in [-0.25, -0.2) is 5.01 Å². The maximum absolute atomic E-state index is 13.2. The third-order valence-corrected chi connectivity index (χ3v) is 5.16. The highest BCUT2D eigenvalue weighted by atomic mass is 16.5. The molecule has 0 bridgehead atoms. The number of ether oxygens (including phenoxy) is 2. The Kier molecular flexibility index (Phi) is 5.39. The average Bonchev–Trinajstić information content (AvgIpc) is 3.24. The fourth-order valence-corrected chi connectivity index (χ4v) is 3.54. The van der Waals surface area contributed by atoms with Crippen LogP contribution < -0.4 is 9.47 Å². The van der Waals surface area contributed by atoms with Crippen molar-refractivity contribution >= 4 is 11.6 Å². The molecule has 1 N–H and O–H groups in total. The summed E-state index contributed by atoms with van der Waals surface area (Å²) in [5, 5.41) is 16.6. The fourth-order valence-electron chi connectivity index (χ4n) is 3.54. The Bertz CT molecular complexity index is 1080. The molecule has 0 unspecified atom stereocenters. The smallest absolute Gasteiger partial charge is 0.274 e. The normalized spacial score (nSPS) is 15.6. The predicted octanol–water partition coefficient (Wildman–Crippen LogP) is 4.40. The van der Waals surface area contributed by atoms with Crippen molar-refractivity contribution in [1.82, 2.24) is 5.01 Å². The molecule has 0 saturated carbocycles. The Morgan fingerprint density at radius 3 is 2.27 bits per heavy atom. The SMILES string of the molecule is COc1ccc([C@H]2CC(c3ccc(OC)cc3O)=NN2C(=O)c2ccccc2)cc1. The lowest BCUT2D eigenvalue weighted by molar-refractivity contribution is 0.0711. The highest BCUT2D eigenvalue weighted by Gasteiger charge is 2.34. The molecule has 3 aromatic rings. The summed E-state index contributed by atoms with van der Waals surface area (Å²) in [6, 6.07) is 21.4. The molecule has 4 rings (SSSR count). The minimum absolute atomic E-state index is 0.0654. The molecule has 1 amide bonds. The van der Waals surface area contributed by atoms with Crippen LogP contribution in [0.1, 0.15) is 33.9 Å². The molecule has 6 heteroatoms. The van der Waals surface area contributed by atoms with E-state index in [1.165, 1.54) is 5.01 Å². The van der Waals surface area contributed by atoms with Crippen molar-refractivity contribution in [3.05, 3.63) is 89.5 Å². The van der Waals surface area contributed by atoms with E-state index in [2.05, 4.69) is 5.10 Å². The van der Waals surface area contributed by atoms with Gasteiger partial charge >= 0.3 is 0 Å². The molecular formula is C24H22N2O4. The molecule has 152 valence electrons. The first-order valence-corrected chi connectivity index (χ1v) is 9.58. The number of benzene rings is 3. The number of phenols is 1. The van der Waals surface area contributed by atoms with E-state index in [0.29, 0.717) is 29.0 Å². The zero-order valence-electron chi connectivity index (χ0n) is 16.8. The van der Waals surface area contributed by atoms with E-state index in [1.54, 1.807) is 44.6 Å². The topological polar surface area (TPSA) is 71.4 Å². The highest BCUT2D eigenvalue weighted by Crippen LogP contribution is 2.37. The number of hydrazone groups is 1. The number of amides is 1. The summed E-state index contributed by atoms with van der Waals surface area (Å²) in [5.74, 6) is 1.17. The zero-order valence-corrected chi connectivity index (χ0v) is 16.8. The minimum Gasteiger partial charge on any atom is -0.507 e. The van der Waals surface area contributed by atoms with Gasteiger partial charge in [0, 0.05) is 23.6 Å². The minimum atomic E-state index is -0.292. The number of nitrogens with zero attached hydrogens (tertiary/aromatic N) is 2. The monoisotopic (exact) mass is 402 g/mol. The molecule has 1 heterocycles. The maximum Gasteiger partial charge on any atom is 0.274 e. The second kappa shape index (κ2) is 8.29. The Hall–Kier alpha value is -3.80. The molecule has 0 fully saturated rings. The quantitative estimate of drug-likeness (QED) is 0.687. The molecule has 1 aliphatic heterocycles. The van der Waals surface area contributed by atoms with Gasteiger partial charge in [0.1, 0.15) is 17.2 Å². The number of rotatable bonds is 5. The van der Waals surface area contributed by atoms with Gasteiger partial charge in [-0.05, 0) is 42.0 Å². The second-order valence-corrected chi connectivity index (χ2v) is 6.94. The summed E-state index contributed by atoms with van der Waals surface area (Å²) in [6.45, 7) is 0. The van der Waals surface area contributed by atoms with Gasteiger partial charge in [-0.2, -0.15) is 5.10 Å². The van der Waals surface area contributed by atoms with E-state index in [0.717, 1.165) is 11.3 Å². The van der Waals surface area contributed by atoms with E-state index in [1.807, 2.05) is 42.5 Å². The largest absolute Gasteiger partial charge is 0.507 e. The lowest BCUT2D eigenvalue weighted by Crippen LogP contribution is -2.27. The van der Waals surface area contributed by atoms with Crippen LogP contribution >= 0.6 is 0 Å². The van der Waals surface area contributed by atoms with Crippen molar-refractivity contribution < 1.29 is 19.4 Å². The summed E-state index contributed by atoms with van der Waals surface area (Å²) >= 11 is 0. The molecule has 6 nitrogen and oxygen atoms in total. The number of phenolic OH excluding ortho intramolecular Hbond substituents is 1. The summed E-state index contributed by atoms with van der Waals surface area (Å²) in [7, 11) is 3.16. The fraction of sp³-hybridized carbons (Fsp3) is 0.167. The van der Waals surface area contributed by atoms with Crippen LogP contribution in [0.3, 0.4) is 0 Å². The van der Waals surface area contributed by atoms with Gasteiger partial charge in [0.05, 0.1) is 26.0 Å². The van der Waals surface area contributed by atoms with Gasteiger partial charge in [0.15, 0.2) is 0 Å². The lowest BCUT2D eigenvalue weighted by atomic mass is 9.97. The van der Waals surface area contributed by atoms with Gasteiger partial charge < -0.3 is 14.6 Å². The standard InChI is InChI=1S/C24H22N2O4/c1-29-18-10-8-16(9-11-18)22-15-21(20-13-12-19(30-2)14-23(20)27)25-26(22)24(28)17-6-4-3-5-7-17/h3-14,22,27H,15H2,1-2H3/t22-/m1/s1. The molecule has 30 heavy (non-hydrogen) atoms. The van der Waals surface area contributed by atoms with Gasteiger partial charge in [-0.15, -0.1) is 0 Å². The Labute approximate surface area is 175 Å². The molecule has 0 aromatic heterocycles. The van der Waals surface area contributed by atoms with Crippen molar-refractivity contribution in [2.24, 2.45) is 5.10 Å². The van der Waals surface area contributed by atoms with Crippen molar-refractivity contribution in [3.63, 3.8) is 0 Å². The summed E-state index contributed by atoms with van der Waals surface area (Å²) < 4.78 is 10.4. The molecule has 0 aliphatic carbocycles. The summed E-state index contributed by atoms with van der Waals surface area (Å²) in [5.41, 5.74) is 2.71. The zero-order chi connectivity index (χ0) is 21.1. The molecule has 0 spiro atoms. The first kappa shape index (κ1) is 19.5. The average molecular weight is 402 g/mol. The molecular weight excluding hydrogens is 380 g/mol. The number of carbonyl (C=O) groups excluding carboxylic acids is 1. The summed E-state index contributed by atoms with van der Waals surface area (Å²) in [6.07, 6.45) is 0.477. The van der Waals surface area contributed by atoms with Crippen molar-refractivity contribution in [1.29, 1.82) is 0 Å². The Balaban J connectivity index is 1.73. The van der Waals surface area contributed by atoms with Crippen LogP contribution in [0, 0.1) is 0 Å². The maximum atomic E-state index is 13.2. The Morgan fingerprint density at radius 1 is 0.967 bits per heavy atom. The van der Waals surface area contributed by atoms with E-state index >= 15 is 0 Å². The molecule has 3 aromatic carbocycles. The number of hydrogen-bond donors (Lipinski definition) is 1. The van der Waals surface area contributed by atoms with Gasteiger partial charge in [-0.1, -0.05) is 30.3 Å². The van der Waals surface area contributed by atoms with Gasteiger partial charge in [0.25, 0.3) is 5.91 Å². The Morgan fingerprint density at radius 2 is 1.63 bits per heavy atom. The molecule has 0 saturated heterocycles. The first-order valence-electron chi connectivity index (χ1n) is 9.58. The lowest BCUT2D eigenvalue weighted by Gasteiger charge is -2.22. The van der Waals surface area contributed by atoms with E-state index in [9.17, 15) is 9.90 Å². The van der Waals surface area contributed by atoms with E-state index in [-0.39, 0.29) is 17.7 Å². The van der Waals surface area contributed by atoms with Crippen LogP contribution in [-0.2, 0) is 0 Å². The van der Waals surface area contributed by atoms with Crippen LogP contribution in [0.5, 0.6) is 17.2 Å². The number of aromatic hydroxyl groups is 1. The molecule has 1 aliphatic rings. The van der Waals surface area contributed by atoms with E-state index in [4.69, 9.17) is 9.47 Å². The van der Waals surface area contributed by atoms with Gasteiger partial charge in [-0.3, -0.25) is 4.79 Å². The van der Waals surface area contributed by atoms with Crippen molar-refractivity contribution in [2.45, 2.75) is 12.5 Å². The number of carbonyl (C=O) groups is 1. The molecule has 0 radical (unpaired) electrons. The number of hydrogen-bond acceptors (Lipinski definition) is 5. The van der Waals surface area contributed by atoms with Crippen LogP contribution in [0.15, 0.2) is 77.9 Å². The van der Waals surface area contributed by atoms with Crippen LogP contribution in [0.4, 0.5) is 0 Å². The van der Waals surface area contributed by atoms with Crippen molar-refractivity contribution in [3.8, 4) is 17.2 Å². The van der Waals surface area contributed by atoms with Crippen LogP contribution in [0.25, 0.3) is 0 Å². The van der Waals surface area contributed by atoms with E-state index < -0.39 is 0 Å². The predicted molar refractivity (Wildman–Crippen MR) is 114 cm³/mol. The summed E-state index contributed by atoms with van der Waals surface area (Å²) in [4.78, 5) is 13.2. The van der Waals surface area contributed by atoms with Crippen LogP contribution in [-0.4, -0.2) is 36.0 Å². The molecule has 1 atom stereocenters. The second-order valence-electron chi connectivity index (χ2n) is 6.94.